The predicted molar refractivity (Wildman–Crippen MR) is 168 cm³/mol. The van der Waals surface area contributed by atoms with E-state index in [-0.39, 0.29) is 11.9 Å². The Hall–Kier alpha value is -4.12. The van der Waals surface area contributed by atoms with Gasteiger partial charge in [-0.05, 0) is 118 Å². The van der Waals surface area contributed by atoms with Gasteiger partial charge in [0.1, 0.15) is 0 Å². The SMILES string of the molecule is C=CC(=O)OCCCCCc1ccc(N(c2ccc(C)c(C)c2)c2ccccc2CCCCCOC(=O)C=C)cc1. The Balaban J connectivity index is 1.72. The molecule has 41 heavy (non-hydrogen) atoms. The first-order valence-corrected chi connectivity index (χ1v) is 14.6. The van der Waals surface area contributed by atoms with Crippen molar-refractivity contribution in [3.63, 3.8) is 0 Å². The molecule has 5 nitrogen and oxygen atoms in total. The van der Waals surface area contributed by atoms with E-state index in [9.17, 15) is 9.59 Å². The summed E-state index contributed by atoms with van der Waals surface area (Å²) in [6.45, 7) is 12.0. The van der Waals surface area contributed by atoms with Crippen molar-refractivity contribution >= 4 is 29.0 Å². The number of hydrogen-bond donors (Lipinski definition) is 0. The van der Waals surface area contributed by atoms with Gasteiger partial charge in [0.05, 0.1) is 13.2 Å². The molecule has 0 unspecified atom stereocenters. The fourth-order valence-electron chi connectivity index (χ4n) is 4.71. The van der Waals surface area contributed by atoms with Gasteiger partial charge >= 0.3 is 11.9 Å². The second-order valence-electron chi connectivity index (χ2n) is 10.3. The maximum Gasteiger partial charge on any atom is 0.330 e. The molecule has 0 amide bonds. The summed E-state index contributed by atoms with van der Waals surface area (Å²) in [5, 5.41) is 0. The lowest BCUT2D eigenvalue weighted by molar-refractivity contribution is -0.138. The van der Waals surface area contributed by atoms with Crippen molar-refractivity contribution in [2.45, 2.75) is 65.2 Å². The van der Waals surface area contributed by atoms with Crippen molar-refractivity contribution in [1.29, 1.82) is 0 Å². The topological polar surface area (TPSA) is 55.8 Å². The minimum absolute atomic E-state index is 0.359. The highest BCUT2D eigenvalue weighted by molar-refractivity contribution is 5.81. The molecule has 0 atom stereocenters. The molecular weight excluding hydrogens is 510 g/mol. The molecule has 0 fully saturated rings. The largest absolute Gasteiger partial charge is 0.463 e. The number of benzene rings is 3. The third-order valence-corrected chi connectivity index (χ3v) is 7.20. The van der Waals surface area contributed by atoms with Crippen LogP contribution in [0, 0.1) is 13.8 Å². The number of anilines is 3. The molecule has 0 saturated heterocycles. The van der Waals surface area contributed by atoms with Crippen molar-refractivity contribution in [3.05, 3.63) is 114 Å². The van der Waals surface area contributed by atoms with E-state index in [4.69, 9.17) is 9.47 Å². The maximum atomic E-state index is 11.3. The number of carbonyl (C=O) groups is 2. The van der Waals surface area contributed by atoms with Crippen LogP contribution in [0.3, 0.4) is 0 Å². The van der Waals surface area contributed by atoms with Gasteiger partial charge in [-0.25, -0.2) is 9.59 Å². The molecule has 0 heterocycles. The summed E-state index contributed by atoms with van der Waals surface area (Å²) in [4.78, 5) is 24.8. The van der Waals surface area contributed by atoms with Crippen LogP contribution >= 0.6 is 0 Å². The normalized spacial score (nSPS) is 10.6. The summed E-state index contributed by atoms with van der Waals surface area (Å²) in [6, 6.07) is 24.1. The van der Waals surface area contributed by atoms with Crippen molar-refractivity contribution in [2.24, 2.45) is 0 Å². The number of nitrogens with zero attached hydrogens (tertiary/aromatic N) is 1. The van der Waals surface area contributed by atoms with Gasteiger partial charge in [-0.3, -0.25) is 0 Å². The lowest BCUT2D eigenvalue weighted by Crippen LogP contribution is -2.13. The second-order valence-corrected chi connectivity index (χ2v) is 10.3. The molecule has 3 rings (SSSR count). The Morgan fingerprint density at radius 1 is 0.683 bits per heavy atom. The molecule has 0 aliphatic heterocycles. The van der Waals surface area contributed by atoms with Gasteiger partial charge in [0.2, 0.25) is 0 Å². The highest BCUT2D eigenvalue weighted by Gasteiger charge is 2.16. The first-order chi connectivity index (χ1) is 19.9. The van der Waals surface area contributed by atoms with Gasteiger partial charge in [0, 0.05) is 29.2 Å². The first-order valence-electron chi connectivity index (χ1n) is 14.6. The van der Waals surface area contributed by atoms with Crippen molar-refractivity contribution < 1.29 is 19.1 Å². The van der Waals surface area contributed by atoms with Crippen LogP contribution in [-0.4, -0.2) is 25.2 Å². The molecule has 0 N–H and O–H groups in total. The third-order valence-electron chi connectivity index (χ3n) is 7.20. The Labute approximate surface area is 245 Å². The Kier molecular flexibility index (Phi) is 12.9. The molecule has 3 aromatic carbocycles. The molecular formula is C36H43NO4. The monoisotopic (exact) mass is 553 g/mol. The standard InChI is InChI=1S/C36H43NO4/c1-5-35(38)40-25-13-7-9-15-30-20-23-32(24-21-30)37(33-22-19-28(3)29(4)27-33)34-18-12-11-17-31(34)16-10-8-14-26-41-36(39)6-2/h5-6,11-12,17-24,27H,1-2,7-10,13-16,25-26H2,3-4H3. The lowest BCUT2D eigenvalue weighted by atomic mass is 10.0. The molecule has 0 bridgehead atoms. The maximum absolute atomic E-state index is 11.3. The zero-order valence-corrected chi connectivity index (χ0v) is 24.6. The minimum atomic E-state index is -0.364. The summed E-state index contributed by atoms with van der Waals surface area (Å²) in [5.41, 5.74) is 8.55. The van der Waals surface area contributed by atoms with Crippen LogP contribution in [0.4, 0.5) is 17.1 Å². The number of rotatable bonds is 17. The molecule has 0 saturated carbocycles. The average molecular weight is 554 g/mol. The van der Waals surface area contributed by atoms with E-state index in [2.05, 4.69) is 98.6 Å². The van der Waals surface area contributed by atoms with Crippen LogP contribution in [0.2, 0.25) is 0 Å². The smallest absolute Gasteiger partial charge is 0.330 e. The number of carbonyl (C=O) groups excluding carboxylic acids is 2. The van der Waals surface area contributed by atoms with Crippen LogP contribution in [0.5, 0.6) is 0 Å². The lowest BCUT2D eigenvalue weighted by Gasteiger charge is -2.28. The van der Waals surface area contributed by atoms with Crippen molar-refractivity contribution in [2.75, 3.05) is 18.1 Å². The van der Waals surface area contributed by atoms with Gasteiger partial charge < -0.3 is 14.4 Å². The van der Waals surface area contributed by atoms with Crippen LogP contribution in [0.15, 0.2) is 92.0 Å². The van der Waals surface area contributed by atoms with Crippen molar-refractivity contribution in [1.82, 2.24) is 0 Å². The van der Waals surface area contributed by atoms with E-state index in [1.165, 1.54) is 40.1 Å². The Bertz CT molecular complexity index is 1300. The summed E-state index contributed by atoms with van der Waals surface area (Å²) in [7, 11) is 0. The molecule has 216 valence electrons. The zero-order chi connectivity index (χ0) is 29.5. The van der Waals surface area contributed by atoms with E-state index in [1.807, 2.05) is 0 Å². The molecule has 0 aliphatic rings. The quantitative estimate of drug-likeness (QED) is 0.0951. The molecule has 3 aromatic rings. The van der Waals surface area contributed by atoms with Crippen LogP contribution in [-0.2, 0) is 31.9 Å². The molecule has 5 heteroatoms. The van der Waals surface area contributed by atoms with E-state index < -0.39 is 0 Å². The van der Waals surface area contributed by atoms with E-state index >= 15 is 0 Å². The van der Waals surface area contributed by atoms with E-state index in [0.29, 0.717) is 13.2 Å². The molecule has 0 spiro atoms. The number of esters is 2. The highest BCUT2D eigenvalue weighted by atomic mass is 16.5. The van der Waals surface area contributed by atoms with Crippen molar-refractivity contribution in [3.8, 4) is 0 Å². The van der Waals surface area contributed by atoms with Gasteiger partial charge in [-0.2, -0.15) is 0 Å². The van der Waals surface area contributed by atoms with Crippen LogP contribution in [0.25, 0.3) is 0 Å². The fourth-order valence-corrected chi connectivity index (χ4v) is 4.71. The number of unbranched alkanes of at least 4 members (excludes halogenated alkanes) is 4. The van der Waals surface area contributed by atoms with Gasteiger partial charge in [0.15, 0.2) is 0 Å². The average Bonchev–Trinajstić information content (AvgIpc) is 2.99. The first kappa shape index (κ1) is 31.4. The van der Waals surface area contributed by atoms with Gasteiger partial charge in [0.25, 0.3) is 0 Å². The summed E-state index contributed by atoms with van der Waals surface area (Å²) in [6.07, 6.45) is 10.1. The Morgan fingerprint density at radius 2 is 1.27 bits per heavy atom. The summed E-state index contributed by atoms with van der Waals surface area (Å²) < 4.78 is 10.2. The number of aryl methyl sites for hydroxylation is 4. The summed E-state index contributed by atoms with van der Waals surface area (Å²) in [5.74, 6) is -0.723. The van der Waals surface area contributed by atoms with Gasteiger partial charge in [-0.15, -0.1) is 0 Å². The Morgan fingerprint density at radius 3 is 1.88 bits per heavy atom. The zero-order valence-electron chi connectivity index (χ0n) is 24.6. The number of hydrogen-bond acceptors (Lipinski definition) is 5. The van der Waals surface area contributed by atoms with Gasteiger partial charge in [-0.1, -0.05) is 49.6 Å². The molecule has 0 aliphatic carbocycles. The number of ether oxygens (including phenoxy) is 2. The number of para-hydroxylation sites is 1. The van der Waals surface area contributed by atoms with Crippen LogP contribution < -0.4 is 4.90 Å². The summed E-state index contributed by atoms with van der Waals surface area (Å²) >= 11 is 0. The minimum Gasteiger partial charge on any atom is -0.463 e. The fraction of sp³-hybridized carbons (Fsp3) is 0.333. The highest BCUT2D eigenvalue weighted by Crippen LogP contribution is 2.38. The molecule has 0 radical (unpaired) electrons. The van der Waals surface area contributed by atoms with Crippen LogP contribution in [0.1, 0.15) is 60.8 Å². The molecule has 0 aromatic heterocycles. The second kappa shape index (κ2) is 16.9. The third kappa shape index (κ3) is 10.1. The van der Waals surface area contributed by atoms with E-state index in [1.54, 1.807) is 0 Å². The van der Waals surface area contributed by atoms with E-state index in [0.717, 1.165) is 62.7 Å². The predicted octanol–water partition coefficient (Wildman–Crippen LogP) is 8.66.